The minimum absolute atomic E-state index is 0.0361. The number of para-hydroxylation sites is 2. The highest BCUT2D eigenvalue weighted by Crippen LogP contribution is 2.33. The maximum atomic E-state index is 13.3. The number of esters is 2. The molecule has 0 amide bonds. The Morgan fingerprint density at radius 1 is 0.714 bits per heavy atom. The molecule has 28 heavy (non-hydrogen) atoms. The fourth-order valence-electron chi connectivity index (χ4n) is 2.91. The number of benzene rings is 3. The summed E-state index contributed by atoms with van der Waals surface area (Å²) in [5.74, 6) is -0.731. The monoisotopic (exact) mass is 372 g/mol. The Hall–Kier alpha value is -3.66. The van der Waals surface area contributed by atoms with E-state index in [-0.39, 0.29) is 6.42 Å². The standard InChI is InChI=1S/C24H20O4/c1-2-18-24(19-12-6-3-7-13-19,22(25)27-20-14-8-4-9-15-20)23(26)28-21-16-10-5-11-17-21/h2-17H,1,18H2. The van der Waals surface area contributed by atoms with Gasteiger partial charge < -0.3 is 9.47 Å². The van der Waals surface area contributed by atoms with Crippen LogP contribution in [0.25, 0.3) is 0 Å². The molecule has 0 aliphatic heterocycles. The van der Waals surface area contributed by atoms with Gasteiger partial charge in [-0.2, -0.15) is 0 Å². The number of rotatable bonds is 7. The Bertz CT molecular complexity index is 881. The van der Waals surface area contributed by atoms with E-state index in [1.54, 1.807) is 72.8 Å². The molecule has 0 bridgehead atoms. The van der Waals surface area contributed by atoms with E-state index < -0.39 is 17.4 Å². The minimum atomic E-state index is -1.67. The van der Waals surface area contributed by atoms with Gasteiger partial charge in [0, 0.05) is 0 Å². The van der Waals surface area contributed by atoms with Gasteiger partial charge in [-0.1, -0.05) is 72.8 Å². The number of ether oxygens (including phenoxy) is 2. The summed E-state index contributed by atoms with van der Waals surface area (Å²) >= 11 is 0. The Balaban J connectivity index is 2.04. The Kier molecular flexibility index (Phi) is 6.02. The minimum Gasteiger partial charge on any atom is -0.425 e. The molecule has 0 fully saturated rings. The maximum Gasteiger partial charge on any atom is 0.333 e. The largest absolute Gasteiger partial charge is 0.425 e. The highest BCUT2D eigenvalue weighted by Gasteiger charge is 2.50. The Morgan fingerprint density at radius 2 is 1.11 bits per heavy atom. The van der Waals surface area contributed by atoms with Crippen LogP contribution in [0.4, 0.5) is 0 Å². The van der Waals surface area contributed by atoms with E-state index in [1.165, 1.54) is 6.08 Å². The molecule has 0 atom stereocenters. The number of carbonyl (C=O) groups is 2. The molecular formula is C24H20O4. The molecule has 0 unspecified atom stereocenters. The number of hydrogen-bond donors (Lipinski definition) is 0. The summed E-state index contributed by atoms with van der Waals surface area (Å²) in [6, 6.07) is 26.0. The van der Waals surface area contributed by atoms with Crippen molar-refractivity contribution in [2.24, 2.45) is 0 Å². The van der Waals surface area contributed by atoms with Crippen LogP contribution in [0.1, 0.15) is 12.0 Å². The van der Waals surface area contributed by atoms with E-state index in [0.29, 0.717) is 17.1 Å². The Labute approximate surface area is 164 Å². The fraction of sp³-hybridized carbons (Fsp3) is 0.0833. The third-order valence-corrected chi connectivity index (χ3v) is 4.32. The third kappa shape index (κ3) is 4.01. The van der Waals surface area contributed by atoms with Crippen LogP contribution in [-0.2, 0) is 15.0 Å². The van der Waals surface area contributed by atoms with Crippen molar-refractivity contribution >= 4 is 11.9 Å². The van der Waals surface area contributed by atoms with Gasteiger partial charge in [0.25, 0.3) is 0 Å². The molecule has 0 radical (unpaired) electrons. The van der Waals surface area contributed by atoms with Crippen molar-refractivity contribution in [3.8, 4) is 11.5 Å². The smallest absolute Gasteiger partial charge is 0.333 e. The maximum absolute atomic E-state index is 13.3. The first-order valence-electron chi connectivity index (χ1n) is 8.88. The van der Waals surface area contributed by atoms with Crippen molar-refractivity contribution < 1.29 is 19.1 Å². The van der Waals surface area contributed by atoms with Gasteiger partial charge >= 0.3 is 11.9 Å². The van der Waals surface area contributed by atoms with Gasteiger partial charge in [0.1, 0.15) is 11.5 Å². The molecular weight excluding hydrogens is 352 g/mol. The fourth-order valence-corrected chi connectivity index (χ4v) is 2.91. The molecule has 0 N–H and O–H groups in total. The lowest BCUT2D eigenvalue weighted by atomic mass is 9.77. The molecule has 4 nitrogen and oxygen atoms in total. The van der Waals surface area contributed by atoms with Crippen molar-refractivity contribution in [2.75, 3.05) is 0 Å². The molecule has 0 aromatic heterocycles. The predicted molar refractivity (Wildman–Crippen MR) is 107 cm³/mol. The zero-order valence-corrected chi connectivity index (χ0v) is 15.3. The summed E-state index contributed by atoms with van der Waals surface area (Å²) in [5, 5.41) is 0. The molecule has 0 aliphatic carbocycles. The van der Waals surface area contributed by atoms with Gasteiger partial charge in [0.05, 0.1) is 0 Å². The first kappa shape index (κ1) is 19.1. The zero-order chi connectivity index (χ0) is 19.8. The summed E-state index contributed by atoms with van der Waals surface area (Å²) in [4.78, 5) is 26.6. The van der Waals surface area contributed by atoms with E-state index in [4.69, 9.17) is 9.47 Å². The highest BCUT2D eigenvalue weighted by molar-refractivity contribution is 6.08. The second-order valence-electron chi connectivity index (χ2n) is 6.17. The molecule has 140 valence electrons. The van der Waals surface area contributed by atoms with Crippen LogP contribution in [0, 0.1) is 0 Å². The molecule has 0 spiro atoms. The number of carbonyl (C=O) groups excluding carboxylic acids is 2. The lowest BCUT2D eigenvalue weighted by Gasteiger charge is -2.28. The van der Waals surface area contributed by atoms with Crippen LogP contribution < -0.4 is 9.47 Å². The second kappa shape index (κ2) is 8.82. The summed E-state index contributed by atoms with van der Waals surface area (Å²) in [7, 11) is 0. The summed E-state index contributed by atoms with van der Waals surface area (Å²) in [6.45, 7) is 3.73. The van der Waals surface area contributed by atoms with Crippen molar-refractivity contribution in [3.63, 3.8) is 0 Å². The number of allylic oxidation sites excluding steroid dienone is 1. The SMILES string of the molecule is C=CCC(C(=O)Oc1ccccc1)(C(=O)Oc1ccccc1)c1ccccc1. The number of hydrogen-bond acceptors (Lipinski definition) is 4. The summed E-state index contributed by atoms with van der Waals surface area (Å²) in [6.07, 6.45) is 1.56. The van der Waals surface area contributed by atoms with Gasteiger partial charge in [0.2, 0.25) is 0 Å². The molecule has 3 rings (SSSR count). The van der Waals surface area contributed by atoms with Gasteiger partial charge in [-0.15, -0.1) is 6.58 Å². The summed E-state index contributed by atoms with van der Waals surface area (Å²) < 4.78 is 11.1. The zero-order valence-electron chi connectivity index (χ0n) is 15.3. The molecule has 0 saturated heterocycles. The third-order valence-electron chi connectivity index (χ3n) is 4.32. The molecule has 3 aromatic rings. The van der Waals surface area contributed by atoms with Crippen LogP contribution in [0.15, 0.2) is 104 Å². The first-order valence-corrected chi connectivity index (χ1v) is 8.88. The van der Waals surface area contributed by atoms with Gasteiger partial charge in [-0.3, -0.25) is 9.59 Å². The van der Waals surface area contributed by atoms with Crippen molar-refractivity contribution in [3.05, 3.63) is 109 Å². The van der Waals surface area contributed by atoms with Gasteiger partial charge in [-0.25, -0.2) is 0 Å². The molecule has 0 aliphatic rings. The first-order chi connectivity index (χ1) is 13.7. The van der Waals surface area contributed by atoms with Crippen molar-refractivity contribution in [1.29, 1.82) is 0 Å². The topological polar surface area (TPSA) is 52.6 Å². The van der Waals surface area contributed by atoms with Crippen LogP contribution in [0.5, 0.6) is 11.5 Å². The second-order valence-corrected chi connectivity index (χ2v) is 6.17. The lowest BCUT2D eigenvalue weighted by Crippen LogP contribution is -2.48. The van der Waals surface area contributed by atoms with Crippen LogP contribution in [0.3, 0.4) is 0 Å². The predicted octanol–water partition coefficient (Wildman–Crippen LogP) is 4.71. The molecule has 3 aromatic carbocycles. The lowest BCUT2D eigenvalue weighted by molar-refractivity contribution is -0.154. The van der Waals surface area contributed by atoms with Gasteiger partial charge in [-0.05, 0) is 36.2 Å². The van der Waals surface area contributed by atoms with E-state index in [0.717, 1.165) is 0 Å². The quantitative estimate of drug-likeness (QED) is 0.261. The van der Waals surface area contributed by atoms with Crippen LogP contribution >= 0.6 is 0 Å². The molecule has 0 saturated carbocycles. The van der Waals surface area contributed by atoms with Crippen molar-refractivity contribution in [1.82, 2.24) is 0 Å². The van der Waals surface area contributed by atoms with Gasteiger partial charge in [0.15, 0.2) is 5.41 Å². The average molecular weight is 372 g/mol. The van der Waals surface area contributed by atoms with E-state index in [9.17, 15) is 9.59 Å². The van der Waals surface area contributed by atoms with Crippen LogP contribution in [0.2, 0.25) is 0 Å². The molecule has 4 heteroatoms. The molecule has 0 heterocycles. The van der Waals surface area contributed by atoms with Crippen LogP contribution in [-0.4, -0.2) is 11.9 Å². The summed E-state index contributed by atoms with van der Waals surface area (Å²) in [5.41, 5.74) is -1.19. The van der Waals surface area contributed by atoms with E-state index in [1.807, 2.05) is 18.2 Å². The van der Waals surface area contributed by atoms with Crippen molar-refractivity contribution in [2.45, 2.75) is 11.8 Å². The average Bonchev–Trinajstić information content (AvgIpc) is 2.74. The van der Waals surface area contributed by atoms with E-state index in [2.05, 4.69) is 6.58 Å². The van der Waals surface area contributed by atoms with E-state index >= 15 is 0 Å². The highest BCUT2D eigenvalue weighted by atomic mass is 16.6. The normalized spacial score (nSPS) is 10.7. The Morgan fingerprint density at radius 3 is 1.50 bits per heavy atom.